The van der Waals surface area contributed by atoms with Crippen LogP contribution in [0.15, 0.2) is 81.3 Å². The van der Waals surface area contributed by atoms with E-state index in [0.29, 0.717) is 28.4 Å². The number of hydrogen-bond acceptors (Lipinski definition) is 5. The van der Waals surface area contributed by atoms with Gasteiger partial charge in [0, 0.05) is 0 Å². The second kappa shape index (κ2) is 8.59. The fraction of sp³-hybridized carbons (Fsp3) is 0.174. The van der Waals surface area contributed by atoms with E-state index >= 15 is 0 Å². The number of carbonyl (C=O) groups is 1. The Hall–Kier alpha value is -3.32. The van der Waals surface area contributed by atoms with Crippen LogP contribution in [0.2, 0.25) is 0 Å². The minimum absolute atomic E-state index is 0.157. The largest absolute Gasteiger partial charge is 0.467 e. The third-order valence-electron chi connectivity index (χ3n) is 4.71. The van der Waals surface area contributed by atoms with Crippen molar-refractivity contribution in [3.8, 4) is 5.69 Å². The van der Waals surface area contributed by atoms with Crippen molar-refractivity contribution < 1.29 is 9.21 Å². The quantitative estimate of drug-likeness (QED) is 0.376. The van der Waals surface area contributed by atoms with Crippen LogP contribution in [0.5, 0.6) is 0 Å². The first-order chi connectivity index (χ1) is 14.5. The van der Waals surface area contributed by atoms with E-state index in [2.05, 4.69) is 5.32 Å². The Labute approximate surface area is 177 Å². The van der Waals surface area contributed by atoms with Crippen molar-refractivity contribution in [3.05, 3.63) is 88.6 Å². The summed E-state index contributed by atoms with van der Waals surface area (Å²) in [7, 11) is 0. The minimum Gasteiger partial charge on any atom is -0.467 e. The summed E-state index contributed by atoms with van der Waals surface area (Å²) in [6.07, 6.45) is 1.57. The van der Waals surface area contributed by atoms with Crippen molar-refractivity contribution in [1.82, 2.24) is 14.9 Å². The van der Waals surface area contributed by atoms with Gasteiger partial charge in [-0.3, -0.25) is 14.2 Å². The molecule has 0 aliphatic rings. The van der Waals surface area contributed by atoms with Crippen molar-refractivity contribution in [2.45, 2.75) is 30.8 Å². The number of aromatic nitrogens is 2. The first kappa shape index (κ1) is 20.0. The molecule has 0 fully saturated rings. The molecule has 0 saturated heterocycles. The average Bonchev–Trinajstić information content (AvgIpc) is 3.27. The first-order valence-corrected chi connectivity index (χ1v) is 10.5. The number of nitrogens with zero attached hydrogens (tertiary/aromatic N) is 2. The Morgan fingerprint density at radius 1 is 1.13 bits per heavy atom. The second-order valence-electron chi connectivity index (χ2n) is 6.94. The highest BCUT2D eigenvalue weighted by atomic mass is 32.2. The van der Waals surface area contributed by atoms with Gasteiger partial charge in [0.2, 0.25) is 5.91 Å². The molecule has 0 bridgehead atoms. The Balaban J connectivity index is 1.68. The van der Waals surface area contributed by atoms with Crippen LogP contribution in [0.25, 0.3) is 16.6 Å². The third-order valence-corrected chi connectivity index (χ3v) is 5.76. The molecule has 2 aromatic heterocycles. The zero-order valence-corrected chi connectivity index (χ0v) is 17.5. The predicted octanol–water partition coefficient (Wildman–Crippen LogP) is 4.08. The van der Waals surface area contributed by atoms with Gasteiger partial charge in [-0.25, -0.2) is 4.98 Å². The highest BCUT2D eigenvalue weighted by molar-refractivity contribution is 8.00. The Bertz CT molecular complexity index is 1230. The number of rotatable bonds is 6. The van der Waals surface area contributed by atoms with Gasteiger partial charge in [0.25, 0.3) is 5.56 Å². The highest BCUT2D eigenvalue weighted by Crippen LogP contribution is 2.25. The van der Waals surface area contributed by atoms with Crippen molar-refractivity contribution in [2.24, 2.45) is 0 Å². The molecule has 0 radical (unpaired) electrons. The van der Waals surface area contributed by atoms with Crippen LogP contribution in [0.3, 0.4) is 0 Å². The molecule has 4 aromatic rings. The van der Waals surface area contributed by atoms with Gasteiger partial charge >= 0.3 is 0 Å². The molecule has 1 atom stereocenters. The number of furan rings is 1. The fourth-order valence-corrected chi connectivity index (χ4v) is 4.01. The first-order valence-electron chi connectivity index (χ1n) is 9.58. The molecule has 0 spiro atoms. The number of amides is 1. The van der Waals surface area contributed by atoms with Crippen LogP contribution in [0, 0.1) is 6.92 Å². The maximum Gasteiger partial charge on any atom is 0.266 e. The molecule has 30 heavy (non-hydrogen) atoms. The summed E-state index contributed by atoms with van der Waals surface area (Å²) in [5.41, 5.74) is 2.27. The van der Waals surface area contributed by atoms with Gasteiger partial charge < -0.3 is 9.73 Å². The van der Waals surface area contributed by atoms with Crippen molar-refractivity contribution in [1.29, 1.82) is 0 Å². The van der Waals surface area contributed by atoms with Crippen LogP contribution in [-0.4, -0.2) is 20.7 Å². The smallest absolute Gasteiger partial charge is 0.266 e. The van der Waals surface area contributed by atoms with Crippen molar-refractivity contribution >= 4 is 28.6 Å². The Kier molecular flexibility index (Phi) is 5.72. The number of para-hydroxylation sites is 1. The molecular weight excluding hydrogens is 398 g/mol. The number of thioether (sulfide) groups is 1. The van der Waals surface area contributed by atoms with E-state index in [1.807, 2.05) is 49.4 Å². The molecule has 2 heterocycles. The molecular formula is C23H21N3O3S. The van der Waals surface area contributed by atoms with Gasteiger partial charge in [0.15, 0.2) is 5.16 Å². The maximum atomic E-state index is 13.3. The van der Waals surface area contributed by atoms with E-state index in [9.17, 15) is 9.59 Å². The van der Waals surface area contributed by atoms with Gasteiger partial charge in [-0.05, 0) is 50.2 Å². The Morgan fingerprint density at radius 2 is 1.90 bits per heavy atom. The summed E-state index contributed by atoms with van der Waals surface area (Å²) < 4.78 is 6.83. The minimum atomic E-state index is -0.454. The molecule has 2 aromatic carbocycles. The molecule has 7 heteroatoms. The zero-order chi connectivity index (χ0) is 21.1. The van der Waals surface area contributed by atoms with Gasteiger partial charge in [-0.2, -0.15) is 0 Å². The maximum absolute atomic E-state index is 13.3. The summed E-state index contributed by atoms with van der Waals surface area (Å²) in [5, 5.41) is 3.42. The molecule has 0 saturated carbocycles. The number of hydrogen-bond donors (Lipinski definition) is 1. The Morgan fingerprint density at radius 3 is 2.63 bits per heavy atom. The molecule has 0 aliphatic carbocycles. The third kappa shape index (κ3) is 4.16. The lowest BCUT2D eigenvalue weighted by molar-refractivity contribution is -0.120. The second-order valence-corrected chi connectivity index (χ2v) is 8.25. The van der Waals surface area contributed by atoms with E-state index in [1.54, 1.807) is 36.0 Å². The lowest BCUT2D eigenvalue weighted by Crippen LogP contribution is -2.31. The van der Waals surface area contributed by atoms with Gasteiger partial charge in [-0.15, -0.1) is 0 Å². The van der Waals surface area contributed by atoms with E-state index in [-0.39, 0.29) is 11.5 Å². The molecule has 0 unspecified atom stereocenters. The molecule has 152 valence electrons. The van der Waals surface area contributed by atoms with Crippen LogP contribution >= 0.6 is 11.8 Å². The number of benzene rings is 2. The molecule has 1 N–H and O–H groups in total. The summed E-state index contributed by atoms with van der Waals surface area (Å²) in [4.78, 5) is 30.6. The molecule has 4 rings (SSSR count). The van der Waals surface area contributed by atoms with Crippen LogP contribution in [-0.2, 0) is 11.3 Å². The van der Waals surface area contributed by atoms with E-state index in [1.165, 1.54) is 11.8 Å². The monoisotopic (exact) mass is 419 g/mol. The van der Waals surface area contributed by atoms with Crippen molar-refractivity contribution in [3.63, 3.8) is 0 Å². The summed E-state index contributed by atoms with van der Waals surface area (Å²) in [5.74, 6) is 0.523. The SMILES string of the molecule is Cc1ccc(-n2c(S[C@H](C)C(=O)NCc3ccco3)nc3ccccc3c2=O)cc1. The van der Waals surface area contributed by atoms with E-state index < -0.39 is 5.25 Å². The molecule has 6 nitrogen and oxygen atoms in total. The van der Waals surface area contributed by atoms with Crippen LogP contribution in [0.4, 0.5) is 0 Å². The zero-order valence-electron chi connectivity index (χ0n) is 16.7. The number of carbonyl (C=O) groups excluding carboxylic acids is 1. The number of fused-ring (bicyclic) bond motifs is 1. The molecule has 0 aliphatic heterocycles. The summed E-state index contributed by atoms with van der Waals surface area (Å²) >= 11 is 1.25. The normalized spacial score (nSPS) is 12.1. The summed E-state index contributed by atoms with van der Waals surface area (Å²) in [6, 6.07) is 18.5. The van der Waals surface area contributed by atoms with E-state index in [0.717, 1.165) is 11.3 Å². The topological polar surface area (TPSA) is 77.1 Å². The summed E-state index contributed by atoms with van der Waals surface area (Å²) in [6.45, 7) is 4.10. The predicted molar refractivity (Wildman–Crippen MR) is 118 cm³/mol. The lowest BCUT2D eigenvalue weighted by atomic mass is 10.2. The highest BCUT2D eigenvalue weighted by Gasteiger charge is 2.20. The van der Waals surface area contributed by atoms with Crippen molar-refractivity contribution in [2.75, 3.05) is 0 Å². The standard InChI is InChI=1S/C23H21N3O3S/c1-15-9-11-17(12-10-15)26-22(28)19-7-3-4-8-20(19)25-23(26)30-16(2)21(27)24-14-18-6-5-13-29-18/h3-13,16H,14H2,1-2H3,(H,24,27)/t16-/m1/s1. The van der Waals surface area contributed by atoms with Crippen LogP contribution in [0.1, 0.15) is 18.2 Å². The van der Waals surface area contributed by atoms with Gasteiger partial charge in [0.05, 0.1) is 34.6 Å². The number of nitrogens with one attached hydrogen (secondary N) is 1. The van der Waals surface area contributed by atoms with Gasteiger partial charge in [0.1, 0.15) is 5.76 Å². The number of aryl methyl sites for hydroxylation is 1. The average molecular weight is 420 g/mol. The molecule has 1 amide bonds. The fourth-order valence-electron chi connectivity index (χ4n) is 3.06. The lowest BCUT2D eigenvalue weighted by Gasteiger charge is -2.16. The van der Waals surface area contributed by atoms with E-state index in [4.69, 9.17) is 9.40 Å². The van der Waals surface area contributed by atoms with Gasteiger partial charge in [-0.1, -0.05) is 41.6 Å². The van der Waals surface area contributed by atoms with Crippen LogP contribution < -0.4 is 10.9 Å².